The van der Waals surface area contributed by atoms with E-state index in [1.807, 2.05) is 22.7 Å². The highest BCUT2D eigenvalue weighted by atomic mass is 28.3. The molecule has 1 unspecified atom stereocenters. The lowest BCUT2D eigenvalue weighted by Gasteiger charge is -2.22. The summed E-state index contributed by atoms with van der Waals surface area (Å²) in [7, 11) is 0.798. The van der Waals surface area contributed by atoms with Gasteiger partial charge in [0, 0.05) is 46.2 Å². The van der Waals surface area contributed by atoms with E-state index in [2.05, 4.69) is 30.7 Å². The molecule has 2 aliphatic heterocycles. The van der Waals surface area contributed by atoms with Gasteiger partial charge in [-0.05, 0) is 6.04 Å². The van der Waals surface area contributed by atoms with Gasteiger partial charge in [0.25, 0.3) is 0 Å². The Kier molecular flexibility index (Phi) is 4.33. The zero-order chi connectivity index (χ0) is 16.6. The van der Waals surface area contributed by atoms with E-state index in [1.165, 1.54) is 0 Å². The van der Waals surface area contributed by atoms with E-state index in [-0.39, 0.29) is 12.1 Å². The van der Waals surface area contributed by atoms with Crippen molar-refractivity contribution in [2.75, 3.05) is 26.7 Å². The van der Waals surface area contributed by atoms with Gasteiger partial charge in [-0.15, -0.1) is 0 Å². The van der Waals surface area contributed by atoms with Crippen LogP contribution < -0.4 is 0 Å². The standard InChI is InChI=1S/C16H26N4O2Si/c1-18-14-9-13(10-20(11-14)16(18)21)15-17-5-6-19(15)12-22-7-8-23(2,3)4/h5-6,9,14H,7-8,10-12H2,1-4H3. The molecule has 3 heterocycles. The molecule has 1 aromatic heterocycles. The lowest BCUT2D eigenvalue weighted by atomic mass is 10.1. The van der Waals surface area contributed by atoms with E-state index >= 15 is 0 Å². The van der Waals surface area contributed by atoms with E-state index in [9.17, 15) is 4.79 Å². The molecule has 0 saturated carbocycles. The Labute approximate surface area is 138 Å². The van der Waals surface area contributed by atoms with E-state index in [0.29, 0.717) is 13.3 Å². The fourth-order valence-corrected chi connectivity index (χ4v) is 3.72. The largest absolute Gasteiger partial charge is 0.361 e. The first-order chi connectivity index (χ1) is 10.8. The van der Waals surface area contributed by atoms with Gasteiger partial charge in [0.1, 0.15) is 12.6 Å². The number of ether oxygens (including phenoxy) is 1. The molecular weight excluding hydrogens is 308 g/mol. The van der Waals surface area contributed by atoms with Crippen molar-refractivity contribution in [3.63, 3.8) is 0 Å². The van der Waals surface area contributed by atoms with Crippen LogP contribution in [0.1, 0.15) is 5.82 Å². The summed E-state index contributed by atoms with van der Waals surface area (Å²) in [6, 6.07) is 1.42. The number of rotatable bonds is 6. The SMILES string of the molecule is CN1C(=O)N2CC(c3nccn3COCC[Si](C)(C)C)=CC1C2. The van der Waals surface area contributed by atoms with Crippen molar-refractivity contribution in [2.24, 2.45) is 0 Å². The van der Waals surface area contributed by atoms with Crippen molar-refractivity contribution < 1.29 is 9.53 Å². The summed E-state index contributed by atoms with van der Waals surface area (Å²) in [6.45, 7) is 9.78. The minimum Gasteiger partial charge on any atom is -0.361 e. The van der Waals surface area contributed by atoms with Crippen LogP contribution in [0.2, 0.25) is 25.7 Å². The summed E-state index contributed by atoms with van der Waals surface area (Å²) >= 11 is 0. The average Bonchev–Trinajstić information content (AvgIpc) is 3.03. The van der Waals surface area contributed by atoms with Crippen LogP contribution in [0.15, 0.2) is 18.5 Å². The quantitative estimate of drug-likeness (QED) is 0.593. The molecule has 2 amide bonds. The first-order valence-electron chi connectivity index (χ1n) is 8.17. The van der Waals surface area contributed by atoms with Crippen LogP contribution in [0.4, 0.5) is 4.79 Å². The molecule has 0 spiro atoms. The molecule has 2 bridgehead atoms. The topological polar surface area (TPSA) is 50.6 Å². The van der Waals surface area contributed by atoms with Crippen molar-refractivity contribution in [1.29, 1.82) is 0 Å². The van der Waals surface area contributed by atoms with E-state index < -0.39 is 8.07 Å². The van der Waals surface area contributed by atoms with E-state index in [0.717, 1.165) is 30.6 Å². The highest BCUT2D eigenvalue weighted by Crippen LogP contribution is 2.27. The first-order valence-corrected chi connectivity index (χ1v) is 11.9. The zero-order valence-electron chi connectivity index (χ0n) is 14.5. The third-order valence-corrected chi connectivity index (χ3v) is 6.17. The van der Waals surface area contributed by atoms with Gasteiger partial charge in [-0.2, -0.15) is 0 Å². The molecule has 0 aliphatic carbocycles. The fraction of sp³-hybridized carbons (Fsp3) is 0.625. The Morgan fingerprint density at radius 2 is 2.17 bits per heavy atom. The van der Waals surface area contributed by atoms with Crippen LogP contribution in [-0.2, 0) is 11.5 Å². The number of carbonyl (C=O) groups is 1. The molecule has 2 aliphatic rings. The predicted octanol–water partition coefficient (Wildman–Crippen LogP) is 2.33. The van der Waals surface area contributed by atoms with E-state index in [4.69, 9.17) is 4.74 Å². The number of fused-ring (bicyclic) bond motifs is 2. The Bertz CT molecular complexity index is 620. The summed E-state index contributed by atoms with van der Waals surface area (Å²) in [5.41, 5.74) is 1.11. The average molecular weight is 334 g/mol. The number of likely N-dealkylation sites (N-methyl/N-ethyl adjacent to an activating group) is 1. The van der Waals surface area contributed by atoms with Gasteiger partial charge in [0.15, 0.2) is 0 Å². The molecule has 1 aromatic rings. The minimum absolute atomic E-state index is 0.103. The van der Waals surface area contributed by atoms with Gasteiger partial charge in [-0.25, -0.2) is 9.78 Å². The summed E-state index contributed by atoms with van der Waals surface area (Å²) in [6.07, 6.45) is 5.92. The third kappa shape index (κ3) is 3.50. The van der Waals surface area contributed by atoms with Crippen molar-refractivity contribution in [3.8, 4) is 0 Å². The van der Waals surface area contributed by atoms with Gasteiger partial charge < -0.3 is 19.1 Å². The van der Waals surface area contributed by atoms with Crippen LogP contribution in [0.5, 0.6) is 0 Å². The van der Waals surface area contributed by atoms with Gasteiger partial charge in [0.2, 0.25) is 0 Å². The monoisotopic (exact) mass is 334 g/mol. The molecule has 0 aromatic carbocycles. The van der Waals surface area contributed by atoms with Crippen molar-refractivity contribution in [3.05, 3.63) is 24.3 Å². The third-order valence-electron chi connectivity index (χ3n) is 4.46. The molecular formula is C16H26N4O2Si. The van der Waals surface area contributed by atoms with Crippen LogP contribution in [0.25, 0.3) is 5.57 Å². The second kappa shape index (κ2) is 6.12. The first kappa shape index (κ1) is 16.3. The normalized spacial score (nSPS) is 21.1. The maximum atomic E-state index is 12.1. The Balaban J connectivity index is 1.65. The van der Waals surface area contributed by atoms with Gasteiger partial charge in [-0.3, -0.25) is 0 Å². The maximum Gasteiger partial charge on any atom is 0.320 e. The second-order valence-corrected chi connectivity index (χ2v) is 13.2. The minimum atomic E-state index is -1.06. The summed E-state index contributed by atoms with van der Waals surface area (Å²) in [5.74, 6) is 0.913. The molecule has 1 saturated heterocycles. The summed E-state index contributed by atoms with van der Waals surface area (Å²) in [4.78, 5) is 20.2. The van der Waals surface area contributed by atoms with Crippen molar-refractivity contribution >= 4 is 19.7 Å². The van der Waals surface area contributed by atoms with Gasteiger partial charge in [-0.1, -0.05) is 25.7 Å². The highest BCUT2D eigenvalue weighted by Gasteiger charge is 2.38. The molecule has 7 heteroatoms. The number of imidazole rings is 1. The van der Waals surface area contributed by atoms with Gasteiger partial charge >= 0.3 is 6.03 Å². The Hall–Kier alpha value is -1.60. The molecule has 1 atom stereocenters. The Morgan fingerprint density at radius 3 is 2.87 bits per heavy atom. The van der Waals surface area contributed by atoms with Crippen LogP contribution in [0.3, 0.4) is 0 Å². The molecule has 6 nitrogen and oxygen atoms in total. The van der Waals surface area contributed by atoms with Crippen LogP contribution >= 0.6 is 0 Å². The van der Waals surface area contributed by atoms with E-state index in [1.54, 1.807) is 11.1 Å². The highest BCUT2D eigenvalue weighted by molar-refractivity contribution is 6.76. The van der Waals surface area contributed by atoms with Crippen molar-refractivity contribution in [2.45, 2.75) is 38.5 Å². The number of hydrogen-bond acceptors (Lipinski definition) is 3. The summed E-state index contributed by atoms with van der Waals surface area (Å²) < 4.78 is 7.87. The molecule has 0 N–H and O–H groups in total. The predicted molar refractivity (Wildman–Crippen MR) is 92.8 cm³/mol. The number of urea groups is 1. The lowest BCUT2D eigenvalue weighted by Crippen LogP contribution is -2.31. The molecule has 126 valence electrons. The molecule has 3 rings (SSSR count). The number of amides is 2. The number of nitrogens with zero attached hydrogens (tertiary/aromatic N) is 4. The lowest BCUT2D eigenvalue weighted by molar-refractivity contribution is 0.0865. The molecule has 23 heavy (non-hydrogen) atoms. The second-order valence-electron chi connectivity index (χ2n) is 7.60. The molecule has 0 radical (unpaired) electrons. The molecule has 1 fully saturated rings. The smallest absolute Gasteiger partial charge is 0.320 e. The maximum absolute atomic E-state index is 12.1. The Morgan fingerprint density at radius 1 is 1.39 bits per heavy atom. The van der Waals surface area contributed by atoms with Crippen LogP contribution in [0, 0.1) is 0 Å². The summed E-state index contributed by atoms with van der Waals surface area (Å²) in [5, 5.41) is 0. The number of hydrogen-bond donors (Lipinski definition) is 0. The zero-order valence-corrected chi connectivity index (χ0v) is 15.5. The number of carbonyl (C=O) groups excluding carboxylic acids is 1. The van der Waals surface area contributed by atoms with Gasteiger partial charge in [0.05, 0.1) is 12.6 Å². The van der Waals surface area contributed by atoms with Crippen molar-refractivity contribution in [1.82, 2.24) is 19.4 Å². The fourth-order valence-electron chi connectivity index (χ4n) is 2.97. The number of aromatic nitrogens is 2. The van der Waals surface area contributed by atoms with Crippen LogP contribution in [-0.4, -0.2) is 66.2 Å².